The first kappa shape index (κ1) is 12.7. The topological polar surface area (TPSA) is 111 Å². The third-order valence-corrected chi connectivity index (χ3v) is 3.02. The van der Waals surface area contributed by atoms with Gasteiger partial charge in [-0.25, -0.2) is 5.10 Å². The lowest BCUT2D eigenvalue weighted by Crippen LogP contribution is -2.44. The monoisotopic (exact) mass is 269 g/mol. The molecule has 1 aliphatic carbocycles. The standard InChI is InChI=1S/C10H11N5O2.ClH/c11-10(4-1-5-10)9-12-8(17-15-9)6-2-3-7(16)14-13-6;/h2-3H,1,4-5,11H2,(H,14,16);1H. The minimum Gasteiger partial charge on any atom is -0.332 e. The summed E-state index contributed by atoms with van der Waals surface area (Å²) in [4.78, 5) is 15.1. The highest BCUT2D eigenvalue weighted by Crippen LogP contribution is 2.37. The molecule has 0 bridgehead atoms. The van der Waals surface area contributed by atoms with Crippen LogP contribution in [-0.2, 0) is 5.54 Å². The van der Waals surface area contributed by atoms with Crippen molar-refractivity contribution in [2.75, 3.05) is 0 Å². The number of H-pyrrole nitrogens is 1. The van der Waals surface area contributed by atoms with E-state index in [4.69, 9.17) is 10.3 Å². The Morgan fingerprint density at radius 1 is 1.39 bits per heavy atom. The molecule has 1 aliphatic rings. The second-order valence-electron chi connectivity index (χ2n) is 4.24. The average Bonchev–Trinajstić information content (AvgIpc) is 2.76. The third kappa shape index (κ3) is 2.02. The van der Waals surface area contributed by atoms with E-state index in [0.29, 0.717) is 11.5 Å². The molecule has 0 amide bonds. The Balaban J connectivity index is 0.00000120. The Kier molecular flexibility index (Phi) is 3.18. The lowest BCUT2D eigenvalue weighted by atomic mass is 9.77. The van der Waals surface area contributed by atoms with Crippen LogP contribution >= 0.6 is 12.4 Å². The molecule has 1 fully saturated rings. The van der Waals surface area contributed by atoms with Crippen molar-refractivity contribution >= 4 is 12.4 Å². The Hall–Kier alpha value is -1.73. The van der Waals surface area contributed by atoms with Crippen molar-refractivity contribution in [3.8, 4) is 11.6 Å². The predicted octanol–water partition coefficient (Wildman–Crippen LogP) is 0.580. The van der Waals surface area contributed by atoms with Crippen molar-refractivity contribution in [2.45, 2.75) is 24.8 Å². The van der Waals surface area contributed by atoms with Crippen molar-refractivity contribution in [1.29, 1.82) is 0 Å². The third-order valence-electron chi connectivity index (χ3n) is 3.02. The van der Waals surface area contributed by atoms with E-state index in [0.717, 1.165) is 19.3 Å². The van der Waals surface area contributed by atoms with Crippen molar-refractivity contribution in [2.24, 2.45) is 5.73 Å². The molecule has 96 valence electrons. The van der Waals surface area contributed by atoms with Gasteiger partial charge >= 0.3 is 0 Å². The second kappa shape index (κ2) is 4.51. The Labute approximate surface area is 108 Å². The van der Waals surface area contributed by atoms with Gasteiger partial charge in [0.2, 0.25) is 0 Å². The smallest absolute Gasteiger partial charge is 0.278 e. The second-order valence-corrected chi connectivity index (χ2v) is 4.24. The molecular formula is C10H12ClN5O2. The summed E-state index contributed by atoms with van der Waals surface area (Å²) < 4.78 is 5.09. The highest BCUT2D eigenvalue weighted by molar-refractivity contribution is 5.85. The maximum atomic E-state index is 10.9. The van der Waals surface area contributed by atoms with Crippen molar-refractivity contribution in [3.05, 3.63) is 28.3 Å². The normalized spacial score (nSPS) is 16.7. The fraction of sp³-hybridized carbons (Fsp3) is 0.400. The van der Waals surface area contributed by atoms with Gasteiger partial charge in [0.1, 0.15) is 5.69 Å². The molecule has 0 spiro atoms. The van der Waals surface area contributed by atoms with E-state index < -0.39 is 5.54 Å². The molecule has 1 saturated carbocycles. The molecule has 18 heavy (non-hydrogen) atoms. The van der Waals surface area contributed by atoms with Gasteiger partial charge in [0, 0.05) is 6.07 Å². The summed E-state index contributed by atoms with van der Waals surface area (Å²) >= 11 is 0. The summed E-state index contributed by atoms with van der Waals surface area (Å²) in [5.74, 6) is 0.778. The van der Waals surface area contributed by atoms with Gasteiger partial charge in [0.25, 0.3) is 11.4 Å². The first-order valence-electron chi connectivity index (χ1n) is 5.37. The summed E-state index contributed by atoms with van der Waals surface area (Å²) in [6.07, 6.45) is 2.81. The fourth-order valence-corrected chi connectivity index (χ4v) is 1.77. The molecular weight excluding hydrogens is 258 g/mol. The van der Waals surface area contributed by atoms with E-state index in [9.17, 15) is 4.79 Å². The van der Waals surface area contributed by atoms with Crippen LogP contribution in [0.15, 0.2) is 21.5 Å². The van der Waals surface area contributed by atoms with Gasteiger partial charge < -0.3 is 10.3 Å². The van der Waals surface area contributed by atoms with E-state index >= 15 is 0 Å². The zero-order valence-electron chi connectivity index (χ0n) is 9.42. The molecule has 2 aromatic heterocycles. The van der Waals surface area contributed by atoms with Crippen LogP contribution in [0.5, 0.6) is 0 Å². The van der Waals surface area contributed by atoms with Crippen LogP contribution in [0.2, 0.25) is 0 Å². The summed E-state index contributed by atoms with van der Waals surface area (Å²) in [5, 5.41) is 9.99. The summed E-state index contributed by atoms with van der Waals surface area (Å²) in [6, 6.07) is 2.88. The number of rotatable bonds is 2. The van der Waals surface area contributed by atoms with E-state index in [1.807, 2.05) is 0 Å². The van der Waals surface area contributed by atoms with Gasteiger partial charge in [-0.15, -0.1) is 12.4 Å². The van der Waals surface area contributed by atoms with E-state index in [1.54, 1.807) is 0 Å². The SMILES string of the molecule is Cl.NC1(c2noc(-c3ccc(=O)[nH]n3)n2)CCC1. The minimum atomic E-state index is -0.454. The van der Waals surface area contributed by atoms with Crippen molar-refractivity contribution < 1.29 is 4.52 Å². The quantitative estimate of drug-likeness (QED) is 0.825. The van der Waals surface area contributed by atoms with Crippen LogP contribution in [0.4, 0.5) is 0 Å². The molecule has 7 nitrogen and oxygen atoms in total. The van der Waals surface area contributed by atoms with Crippen LogP contribution < -0.4 is 11.3 Å². The predicted molar refractivity (Wildman–Crippen MR) is 65.1 cm³/mol. The molecule has 0 aliphatic heterocycles. The van der Waals surface area contributed by atoms with E-state index in [-0.39, 0.29) is 23.9 Å². The summed E-state index contributed by atoms with van der Waals surface area (Å²) in [5.41, 5.74) is 5.78. The lowest BCUT2D eigenvalue weighted by molar-refractivity contribution is 0.229. The van der Waals surface area contributed by atoms with Crippen LogP contribution in [0.1, 0.15) is 25.1 Å². The molecule has 0 atom stereocenters. The first-order chi connectivity index (χ1) is 8.17. The maximum absolute atomic E-state index is 10.9. The fourth-order valence-electron chi connectivity index (χ4n) is 1.77. The largest absolute Gasteiger partial charge is 0.332 e. The first-order valence-corrected chi connectivity index (χ1v) is 5.37. The number of nitrogens with one attached hydrogen (secondary N) is 1. The van der Waals surface area contributed by atoms with Crippen LogP contribution in [0.3, 0.4) is 0 Å². The van der Waals surface area contributed by atoms with Gasteiger partial charge in [-0.05, 0) is 25.3 Å². The van der Waals surface area contributed by atoms with E-state index in [2.05, 4.69) is 20.3 Å². The van der Waals surface area contributed by atoms with E-state index in [1.165, 1.54) is 12.1 Å². The molecule has 8 heteroatoms. The number of halogens is 1. The Morgan fingerprint density at radius 3 is 2.72 bits per heavy atom. The summed E-state index contributed by atoms with van der Waals surface area (Å²) in [7, 11) is 0. The zero-order chi connectivity index (χ0) is 11.9. The highest BCUT2D eigenvalue weighted by Gasteiger charge is 2.39. The average molecular weight is 270 g/mol. The van der Waals surface area contributed by atoms with Crippen LogP contribution in [-0.4, -0.2) is 20.3 Å². The van der Waals surface area contributed by atoms with Crippen LogP contribution in [0, 0.1) is 0 Å². The van der Waals surface area contributed by atoms with Gasteiger partial charge in [-0.2, -0.15) is 10.1 Å². The number of nitrogens with zero attached hydrogens (tertiary/aromatic N) is 3. The van der Waals surface area contributed by atoms with Gasteiger partial charge in [-0.1, -0.05) is 5.16 Å². The Morgan fingerprint density at radius 2 is 2.17 bits per heavy atom. The molecule has 0 unspecified atom stereocenters. The highest BCUT2D eigenvalue weighted by atomic mass is 35.5. The number of aromatic amines is 1. The van der Waals surface area contributed by atoms with Gasteiger partial charge in [0.15, 0.2) is 5.82 Å². The zero-order valence-corrected chi connectivity index (χ0v) is 10.2. The molecule has 0 saturated heterocycles. The molecule has 2 aromatic rings. The molecule has 0 radical (unpaired) electrons. The molecule has 0 aromatic carbocycles. The number of hydrogen-bond acceptors (Lipinski definition) is 6. The lowest BCUT2D eigenvalue weighted by Gasteiger charge is -2.34. The molecule has 2 heterocycles. The van der Waals surface area contributed by atoms with Gasteiger partial charge in [0.05, 0.1) is 5.54 Å². The minimum absolute atomic E-state index is 0. The Bertz CT molecular complexity index is 584. The van der Waals surface area contributed by atoms with Crippen molar-refractivity contribution in [1.82, 2.24) is 20.3 Å². The number of aromatic nitrogens is 4. The molecule has 3 rings (SSSR count). The number of hydrogen-bond donors (Lipinski definition) is 2. The van der Waals surface area contributed by atoms with Crippen LogP contribution in [0.25, 0.3) is 11.6 Å². The van der Waals surface area contributed by atoms with Gasteiger partial charge in [-0.3, -0.25) is 4.79 Å². The maximum Gasteiger partial charge on any atom is 0.278 e. The molecule has 3 N–H and O–H groups in total. The summed E-state index contributed by atoms with van der Waals surface area (Å²) in [6.45, 7) is 0. The number of nitrogens with two attached hydrogens (primary N) is 1. The van der Waals surface area contributed by atoms with Crippen molar-refractivity contribution in [3.63, 3.8) is 0 Å².